The number of carbonyl (C=O) groups is 3. The van der Waals surface area contributed by atoms with Crippen LogP contribution < -0.4 is 5.32 Å². The van der Waals surface area contributed by atoms with Crippen LogP contribution in [-0.4, -0.2) is 40.6 Å². The predicted molar refractivity (Wildman–Crippen MR) is 126 cm³/mol. The molecule has 0 unspecified atom stereocenters. The van der Waals surface area contributed by atoms with Gasteiger partial charge in [-0.3, -0.25) is 24.2 Å². The highest BCUT2D eigenvalue weighted by molar-refractivity contribution is 6.22. The van der Waals surface area contributed by atoms with Crippen LogP contribution in [-0.2, 0) is 19.6 Å². The van der Waals surface area contributed by atoms with Crippen molar-refractivity contribution >= 4 is 17.7 Å². The fourth-order valence-corrected chi connectivity index (χ4v) is 4.65. The lowest BCUT2D eigenvalue weighted by Crippen LogP contribution is -2.30. The zero-order chi connectivity index (χ0) is 23.5. The second kappa shape index (κ2) is 9.65. The molecule has 0 atom stereocenters. The van der Waals surface area contributed by atoms with Crippen molar-refractivity contribution in [2.45, 2.75) is 38.9 Å². The minimum absolute atomic E-state index is 0.0642. The maximum Gasteiger partial charge on any atom is 0.261 e. The van der Waals surface area contributed by atoms with E-state index in [0.29, 0.717) is 23.4 Å². The molecule has 0 radical (unpaired) electrons. The van der Waals surface area contributed by atoms with Crippen molar-refractivity contribution in [2.24, 2.45) is 0 Å². The van der Waals surface area contributed by atoms with Gasteiger partial charge < -0.3 is 9.73 Å². The van der Waals surface area contributed by atoms with Crippen molar-refractivity contribution in [2.75, 3.05) is 13.1 Å². The van der Waals surface area contributed by atoms with Crippen molar-refractivity contribution < 1.29 is 18.8 Å². The lowest BCUT2D eigenvalue weighted by atomic mass is 10.0. The third-order valence-electron chi connectivity index (χ3n) is 6.53. The molecular weight excluding hydrogens is 430 g/mol. The number of nitrogens with zero attached hydrogens (tertiary/aromatic N) is 2. The van der Waals surface area contributed by atoms with E-state index >= 15 is 0 Å². The molecule has 5 rings (SSSR count). The van der Waals surface area contributed by atoms with Gasteiger partial charge in [0, 0.05) is 18.7 Å². The Labute approximate surface area is 198 Å². The van der Waals surface area contributed by atoms with Gasteiger partial charge in [0.15, 0.2) is 0 Å². The molecule has 0 spiro atoms. The van der Waals surface area contributed by atoms with Crippen LogP contribution in [0.1, 0.15) is 67.2 Å². The Balaban J connectivity index is 1.26. The van der Waals surface area contributed by atoms with Crippen LogP contribution in [0.3, 0.4) is 0 Å². The van der Waals surface area contributed by atoms with E-state index in [-0.39, 0.29) is 23.9 Å². The summed E-state index contributed by atoms with van der Waals surface area (Å²) in [7, 11) is 0. The van der Waals surface area contributed by atoms with Crippen LogP contribution in [0.15, 0.2) is 65.3 Å². The number of nitrogens with one attached hydrogen (secondary N) is 1. The highest BCUT2D eigenvalue weighted by Crippen LogP contribution is 2.26. The number of fused-ring (bicyclic) bond motifs is 1. The molecule has 174 valence electrons. The average Bonchev–Trinajstić information content (AvgIpc) is 3.47. The van der Waals surface area contributed by atoms with Crippen molar-refractivity contribution in [1.29, 1.82) is 0 Å². The third-order valence-corrected chi connectivity index (χ3v) is 6.53. The summed E-state index contributed by atoms with van der Waals surface area (Å²) in [4.78, 5) is 42.0. The molecule has 2 aromatic carbocycles. The molecule has 3 heterocycles. The molecule has 7 nitrogen and oxygen atoms in total. The number of likely N-dealkylation sites (tertiary alicyclic amines) is 1. The Kier molecular flexibility index (Phi) is 6.27. The Morgan fingerprint density at radius 1 is 0.853 bits per heavy atom. The van der Waals surface area contributed by atoms with Crippen molar-refractivity contribution in [3.8, 4) is 0 Å². The largest absolute Gasteiger partial charge is 0.467 e. The van der Waals surface area contributed by atoms with E-state index in [9.17, 15) is 14.4 Å². The van der Waals surface area contributed by atoms with Gasteiger partial charge >= 0.3 is 0 Å². The van der Waals surface area contributed by atoms with E-state index in [1.807, 2.05) is 18.2 Å². The maximum absolute atomic E-state index is 12.9. The van der Waals surface area contributed by atoms with Crippen LogP contribution in [0.5, 0.6) is 0 Å². The van der Waals surface area contributed by atoms with Gasteiger partial charge in [0.1, 0.15) is 5.76 Å². The molecular formula is C27H27N3O4. The molecule has 1 saturated heterocycles. The average molecular weight is 458 g/mol. The third kappa shape index (κ3) is 4.52. The molecule has 34 heavy (non-hydrogen) atoms. The van der Waals surface area contributed by atoms with E-state index in [1.54, 1.807) is 24.3 Å². The number of hydrogen-bond donors (Lipinski definition) is 1. The zero-order valence-corrected chi connectivity index (χ0v) is 19.0. The topological polar surface area (TPSA) is 82.9 Å². The van der Waals surface area contributed by atoms with Crippen molar-refractivity contribution in [1.82, 2.24) is 15.1 Å². The lowest BCUT2D eigenvalue weighted by Gasteiger charge is -2.27. The van der Waals surface area contributed by atoms with Crippen LogP contribution in [0, 0.1) is 0 Å². The summed E-state index contributed by atoms with van der Waals surface area (Å²) >= 11 is 0. The van der Waals surface area contributed by atoms with E-state index in [2.05, 4.69) is 16.3 Å². The first-order valence-electron chi connectivity index (χ1n) is 11.7. The Hall–Kier alpha value is -3.71. The number of rotatable bonds is 7. The fraction of sp³-hybridized carbons (Fsp3) is 0.296. The highest BCUT2D eigenvalue weighted by atomic mass is 16.3. The van der Waals surface area contributed by atoms with Crippen LogP contribution in [0.2, 0.25) is 0 Å². The summed E-state index contributed by atoms with van der Waals surface area (Å²) in [5.74, 6) is -0.552. The Morgan fingerprint density at radius 3 is 2.38 bits per heavy atom. The van der Waals surface area contributed by atoms with E-state index < -0.39 is 5.91 Å². The van der Waals surface area contributed by atoms with Crippen molar-refractivity contribution in [3.63, 3.8) is 0 Å². The zero-order valence-electron chi connectivity index (χ0n) is 19.0. The first-order chi connectivity index (χ1) is 16.6. The molecule has 0 aliphatic carbocycles. The van der Waals surface area contributed by atoms with Gasteiger partial charge in [0.05, 0.1) is 23.9 Å². The molecule has 2 aliphatic rings. The smallest absolute Gasteiger partial charge is 0.261 e. The lowest BCUT2D eigenvalue weighted by molar-refractivity contribution is 0.0631. The highest BCUT2D eigenvalue weighted by Gasteiger charge is 2.36. The summed E-state index contributed by atoms with van der Waals surface area (Å²) in [6.45, 7) is 3.57. The molecule has 1 fully saturated rings. The fourth-order valence-electron chi connectivity index (χ4n) is 4.65. The standard InChI is InChI=1S/C27H27N3O4/c31-25(28-16-20-7-2-3-8-21(20)17-29-12-4-1-5-13-29)19-10-11-23-24(15-19)27(33)30(26(23)32)18-22-9-6-14-34-22/h2-3,6-11,14-15H,1,4-5,12-13,16-18H2,(H,28,31). The minimum Gasteiger partial charge on any atom is -0.467 e. The van der Waals surface area contributed by atoms with Gasteiger partial charge in [-0.15, -0.1) is 0 Å². The quantitative estimate of drug-likeness (QED) is 0.543. The van der Waals surface area contributed by atoms with E-state index in [0.717, 1.165) is 30.1 Å². The number of amides is 3. The molecule has 0 saturated carbocycles. The van der Waals surface area contributed by atoms with Gasteiger partial charge in [-0.05, 0) is 67.4 Å². The first-order valence-corrected chi connectivity index (χ1v) is 11.7. The van der Waals surface area contributed by atoms with E-state index in [4.69, 9.17) is 4.42 Å². The van der Waals surface area contributed by atoms with Gasteiger partial charge in [0.25, 0.3) is 17.7 Å². The summed E-state index contributed by atoms with van der Waals surface area (Å²) in [5.41, 5.74) is 3.20. The molecule has 3 aromatic rings. The van der Waals surface area contributed by atoms with Crippen molar-refractivity contribution in [3.05, 3.63) is 94.4 Å². The summed E-state index contributed by atoms with van der Waals surface area (Å²) in [5, 5.41) is 2.98. The summed E-state index contributed by atoms with van der Waals surface area (Å²) in [6, 6.07) is 16.2. The monoisotopic (exact) mass is 457 g/mol. The molecule has 3 amide bonds. The van der Waals surface area contributed by atoms with Gasteiger partial charge in [-0.25, -0.2) is 0 Å². The Morgan fingerprint density at radius 2 is 1.62 bits per heavy atom. The number of benzene rings is 2. The summed E-state index contributed by atoms with van der Waals surface area (Å²) < 4.78 is 5.27. The van der Waals surface area contributed by atoms with Crippen LogP contribution in [0.4, 0.5) is 0 Å². The molecule has 1 aromatic heterocycles. The normalized spacial score (nSPS) is 16.1. The first kappa shape index (κ1) is 22.1. The van der Waals surface area contributed by atoms with Crippen LogP contribution in [0.25, 0.3) is 0 Å². The summed E-state index contributed by atoms with van der Waals surface area (Å²) in [6.07, 6.45) is 5.26. The van der Waals surface area contributed by atoms with E-state index in [1.165, 1.54) is 37.2 Å². The SMILES string of the molecule is O=C(NCc1ccccc1CN1CCCCC1)c1ccc2c(c1)C(=O)N(Cc1ccco1)C2=O. The Bertz CT molecular complexity index is 1210. The number of imide groups is 1. The number of furan rings is 1. The second-order valence-corrected chi connectivity index (χ2v) is 8.82. The molecule has 2 aliphatic heterocycles. The minimum atomic E-state index is -0.419. The van der Waals surface area contributed by atoms with Gasteiger partial charge in [-0.1, -0.05) is 30.7 Å². The van der Waals surface area contributed by atoms with Crippen LogP contribution >= 0.6 is 0 Å². The van der Waals surface area contributed by atoms with Gasteiger partial charge in [-0.2, -0.15) is 0 Å². The molecule has 1 N–H and O–H groups in total. The number of hydrogen-bond acceptors (Lipinski definition) is 5. The predicted octanol–water partition coefficient (Wildman–Crippen LogP) is 3.99. The molecule has 0 bridgehead atoms. The maximum atomic E-state index is 12.9. The molecule has 7 heteroatoms. The number of piperidine rings is 1. The van der Waals surface area contributed by atoms with Gasteiger partial charge in [0.2, 0.25) is 0 Å². The number of carbonyl (C=O) groups excluding carboxylic acids is 3. The second-order valence-electron chi connectivity index (χ2n) is 8.82.